The summed E-state index contributed by atoms with van der Waals surface area (Å²) in [5, 5.41) is 0. The molecule has 1 heterocycles. The molecule has 14 heavy (non-hydrogen) atoms. The fourth-order valence-electron chi connectivity index (χ4n) is 1.19. The lowest BCUT2D eigenvalue weighted by molar-refractivity contribution is -0.141. The van der Waals surface area contributed by atoms with Gasteiger partial charge in [0.1, 0.15) is 5.69 Å². The summed E-state index contributed by atoms with van der Waals surface area (Å²) in [4.78, 5) is 3.34. The van der Waals surface area contributed by atoms with Gasteiger partial charge in [0, 0.05) is 6.20 Å². The molecule has 78 valence electrons. The molecular formula is C9H11F3N2. The minimum Gasteiger partial charge on any atom is -0.330 e. The standard InChI is InChI=1S/C9H11F3N2/c10-9(11,12)8-7(3-1-5-13)4-2-6-14-8/h2,4,6H,1,3,5,13H2. The third kappa shape index (κ3) is 2.70. The highest BCUT2D eigenvalue weighted by Crippen LogP contribution is 2.30. The van der Waals surface area contributed by atoms with Gasteiger partial charge in [0.2, 0.25) is 0 Å². The van der Waals surface area contributed by atoms with Crippen LogP contribution in [0.3, 0.4) is 0 Å². The summed E-state index contributed by atoms with van der Waals surface area (Å²) in [6.07, 6.45) is -2.37. The van der Waals surface area contributed by atoms with Gasteiger partial charge >= 0.3 is 6.18 Å². The molecule has 0 aliphatic rings. The maximum Gasteiger partial charge on any atom is 0.433 e. The largest absolute Gasteiger partial charge is 0.433 e. The zero-order chi connectivity index (χ0) is 10.6. The molecule has 0 bridgehead atoms. The number of hydrogen-bond donors (Lipinski definition) is 1. The van der Waals surface area contributed by atoms with Crippen molar-refractivity contribution < 1.29 is 13.2 Å². The molecule has 2 nitrogen and oxygen atoms in total. The lowest BCUT2D eigenvalue weighted by Gasteiger charge is -2.10. The Balaban J connectivity index is 2.92. The van der Waals surface area contributed by atoms with Crippen molar-refractivity contribution in [1.82, 2.24) is 4.98 Å². The first-order chi connectivity index (χ1) is 6.55. The van der Waals surface area contributed by atoms with Crippen molar-refractivity contribution >= 4 is 0 Å². The zero-order valence-corrected chi connectivity index (χ0v) is 7.51. The van der Waals surface area contributed by atoms with Crippen LogP contribution in [-0.2, 0) is 12.6 Å². The Bertz CT molecular complexity index is 296. The third-order valence-corrected chi connectivity index (χ3v) is 1.81. The summed E-state index contributed by atoms with van der Waals surface area (Å²) in [6, 6.07) is 2.94. The van der Waals surface area contributed by atoms with E-state index < -0.39 is 11.9 Å². The SMILES string of the molecule is NCCCc1cccnc1C(F)(F)F. The van der Waals surface area contributed by atoms with Gasteiger partial charge in [-0.05, 0) is 31.0 Å². The van der Waals surface area contributed by atoms with Gasteiger partial charge in [0.25, 0.3) is 0 Å². The van der Waals surface area contributed by atoms with Crippen LogP contribution in [0.25, 0.3) is 0 Å². The van der Waals surface area contributed by atoms with Crippen LogP contribution in [0.1, 0.15) is 17.7 Å². The molecule has 0 aromatic carbocycles. The summed E-state index contributed by atoms with van der Waals surface area (Å²) in [6.45, 7) is 0.381. The van der Waals surface area contributed by atoms with Gasteiger partial charge in [-0.1, -0.05) is 6.07 Å². The van der Waals surface area contributed by atoms with Crippen LogP contribution in [0.5, 0.6) is 0 Å². The van der Waals surface area contributed by atoms with Crippen LogP contribution in [0.15, 0.2) is 18.3 Å². The second-order valence-corrected chi connectivity index (χ2v) is 2.90. The second kappa shape index (κ2) is 4.41. The lowest BCUT2D eigenvalue weighted by atomic mass is 10.1. The molecule has 0 amide bonds. The summed E-state index contributed by atoms with van der Waals surface area (Å²) in [5.74, 6) is 0. The lowest BCUT2D eigenvalue weighted by Crippen LogP contribution is -2.12. The van der Waals surface area contributed by atoms with Crippen LogP contribution in [0, 0.1) is 0 Å². The summed E-state index contributed by atoms with van der Waals surface area (Å²) < 4.78 is 37.1. The normalized spacial score (nSPS) is 11.7. The number of hydrogen-bond acceptors (Lipinski definition) is 2. The molecule has 0 aliphatic carbocycles. The Kier molecular flexibility index (Phi) is 3.46. The number of alkyl halides is 3. The topological polar surface area (TPSA) is 38.9 Å². The molecule has 5 heteroatoms. The Morgan fingerprint density at radius 1 is 1.36 bits per heavy atom. The van der Waals surface area contributed by atoms with Gasteiger partial charge in [0.05, 0.1) is 0 Å². The predicted octanol–water partition coefficient (Wildman–Crippen LogP) is 1.99. The van der Waals surface area contributed by atoms with E-state index in [0.29, 0.717) is 19.4 Å². The van der Waals surface area contributed by atoms with Gasteiger partial charge in [-0.2, -0.15) is 13.2 Å². The highest BCUT2D eigenvalue weighted by Gasteiger charge is 2.34. The van der Waals surface area contributed by atoms with Crippen molar-refractivity contribution in [2.45, 2.75) is 19.0 Å². The van der Waals surface area contributed by atoms with Crippen molar-refractivity contribution in [2.24, 2.45) is 5.73 Å². The Morgan fingerprint density at radius 2 is 2.07 bits per heavy atom. The van der Waals surface area contributed by atoms with E-state index in [1.807, 2.05) is 0 Å². The van der Waals surface area contributed by atoms with E-state index in [4.69, 9.17) is 5.73 Å². The first-order valence-corrected chi connectivity index (χ1v) is 4.27. The molecule has 0 unspecified atom stereocenters. The van der Waals surface area contributed by atoms with Gasteiger partial charge in [-0.15, -0.1) is 0 Å². The van der Waals surface area contributed by atoms with Crippen LogP contribution in [0.2, 0.25) is 0 Å². The Hall–Kier alpha value is -1.10. The van der Waals surface area contributed by atoms with E-state index in [-0.39, 0.29) is 5.56 Å². The van der Waals surface area contributed by atoms with Gasteiger partial charge in [0.15, 0.2) is 0 Å². The van der Waals surface area contributed by atoms with Crippen LogP contribution in [0.4, 0.5) is 13.2 Å². The predicted molar refractivity (Wildman–Crippen MR) is 46.6 cm³/mol. The van der Waals surface area contributed by atoms with E-state index in [1.54, 1.807) is 0 Å². The first kappa shape index (κ1) is 11.0. The van der Waals surface area contributed by atoms with Crippen molar-refractivity contribution in [3.8, 4) is 0 Å². The van der Waals surface area contributed by atoms with Crippen molar-refractivity contribution in [2.75, 3.05) is 6.54 Å². The molecule has 1 aromatic heterocycles. The van der Waals surface area contributed by atoms with Gasteiger partial charge in [-0.3, -0.25) is 4.98 Å². The molecule has 0 radical (unpaired) electrons. The second-order valence-electron chi connectivity index (χ2n) is 2.90. The highest BCUT2D eigenvalue weighted by atomic mass is 19.4. The van der Waals surface area contributed by atoms with E-state index in [0.717, 1.165) is 6.20 Å². The monoisotopic (exact) mass is 204 g/mol. The van der Waals surface area contributed by atoms with E-state index in [1.165, 1.54) is 12.1 Å². The van der Waals surface area contributed by atoms with Gasteiger partial charge in [-0.25, -0.2) is 0 Å². The van der Waals surface area contributed by atoms with Crippen LogP contribution >= 0.6 is 0 Å². The highest BCUT2D eigenvalue weighted by molar-refractivity contribution is 5.22. The van der Waals surface area contributed by atoms with Crippen molar-refractivity contribution in [1.29, 1.82) is 0 Å². The molecule has 0 fully saturated rings. The van der Waals surface area contributed by atoms with Crippen molar-refractivity contribution in [3.05, 3.63) is 29.6 Å². The maximum absolute atomic E-state index is 12.4. The number of halogens is 3. The number of aromatic nitrogens is 1. The smallest absolute Gasteiger partial charge is 0.330 e. The van der Waals surface area contributed by atoms with Crippen molar-refractivity contribution in [3.63, 3.8) is 0 Å². The molecular weight excluding hydrogens is 193 g/mol. The Morgan fingerprint density at radius 3 is 2.64 bits per heavy atom. The molecule has 1 rings (SSSR count). The number of pyridine rings is 1. The number of rotatable bonds is 3. The number of aryl methyl sites for hydroxylation is 1. The number of nitrogens with two attached hydrogens (primary N) is 1. The summed E-state index contributed by atoms with van der Waals surface area (Å²) in [7, 11) is 0. The zero-order valence-electron chi connectivity index (χ0n) is 7.51. The third-order valence-electron chi connectivity index (χ3n) is 1.81. The average Bonchev–Trinajstić information content (AvgIpc) is 2.14. The molecule has 0 aliphatic heterocycles. The average molecular weight is 204 g/mol. The molecule has 0 saturated carbocycles. The van der Waals surface area contributed by atoms with E-state index in [2.05, 4.69) is 4.98 Å². The first-order valence-electron chi connectivity index (χ1n) is 4.27. The minimum absolute atomic E-state index is 0.213. The Labute approximate surface area is 79.9 Å². The molecule has 0 atom stereocenters. The van der Waals surface area contributed by atoms with Gasteiger partial charge < -0.3 is 5.73 Å². The summed E-state index contributed by atoms with van der Waals surface area (Å²) in [5.41, 5.74) is 4.65. The van der Waals surface area contributed by atoms with E-state index >= 15 is 0 Å². The molecule has 1 aromatic rings. The summed E-state index contributed by atoms with van der Waals surface area (Å²) >= 11 is 0. The van der Waals surface area contributed by atoms with E-state index in [9.17, 15) is 13.2 Å². The fraction of sp³-hybridized carbons (Fsp3) is 0.444. The molecule has 2 N–H and O–H groups in total. The molecule has 0 saturated heterocycles. The maximum atomic E-state index is 12.4. The quantitative estimate of drug-likeness (QED) is 0.817. The fourth-order valence-corrected chi connectivity index (χ4v) is 1.19. The number of nitrogens with zero attached hydrogens (tertiary/aromatic N) is 1. The van der Waals surface area contributed by atoms with Crippen LogP contribution < -0.4 is 5.73 Å². The minimum atomic E-state index is -4.37. The molecule has 0 spiro atoms. The van der Waals surface area contributed by atoms with Crippen LogP contribution in [-0.4, -0.2) is 11.5 Å².